The van der Waals surface area contributed by atoms with Crippen LogP contribution in [-0.2, 0) is 0 Å². The molecule has 0 radical (unpaired) electrons. The van der Waals surface area contributed by atoms with Gasteiger partial charge in [0, 0.05) is 6.07 Å². The van der Waals surface area contributed by atoms with Crippen LogP contribution in [-0.4, -0.2) is 11.4 Å². The molecule has 0 saturated heterocycles. The molecule has 0 atom stereocenters. The predicted octanol–water partition coefficient (Wildman–Crippen LogP) is 0.798. The Morgan fingerprint density at radius 2 is 2.50 bits per heavy atom. The SMILES string of the molecule is O=Cc1cc(O)co1. The number of carbonyl (C=O) groups is 1. The van der Waals surface area contributed by atoms with Crippen LogP contribution in [0.2, 0.25) is 0 Å². The molecular formula is C5H4O3. The number of carbonyl (C=O) groups excluding carboxylic acids is 1. The largest absolute Gasteiger partial charge is 0.505 e. The molecule has 0 fully saturated rings. The molecule has 0 bridgehead atoms. The third-order valence-electron chi connectivity index (χ3n) is 0.722. The van der Waals surface area contributed by atoms with Gasteiger partial charge in [0.15, 0.2) is 17.8 Å². The van der Waals surface area contributed by atoms with E-state index in [9.17, 15) is 4.79 Å². The van der Waals surface area contributed by atoms with Crippen LogP contribution in [0.25, 0.3) is 0 Å². The average molecular weight is 112 g/mol. The number of hydrogen-bond donors (Lipinski definition) is 1. The zero-order valence-electron chi connectivity index (χ0n) is 4.00. The van der Waals surface area contributed by atoms with Crippen LogP contribution in [0.4, 0.5) is 0 Å². The molecule has 1 rings (SSSR count). The summed E-state index contributed by atoms with van der Waals surface area (Å²) in [5, 5.41) is 8.53. The van der Waals surface area contributed by atoms with E-state index < -0.39 is 0 Å². The molecule has 0 spiro atoms. The van der Waals surface area contributed by atoms with Gasteiger partial charge in [-0.3, -0.25) is 4.79 Å². The number of aldehydes is 1. The van der Waals surface area contributed by atoms with Crippen LogP contribution in [0.5, 0.6) is 5.75 Å². The highest BCUT2D eigenvalue weighted by Gasteiger charge is 1.94. The van der Waals surface area contributed by atoms with E-state index in [2.05, 4.69) is 4.42 Å². The van der Waals surface area contributed by atoms with Gasteiger partial charge in [-0.15, -0.1) is 0 Å². The van der Waals surface area contributed by atoms with Crippen LogP contribution in [0.1, 0.15) is 10.6 Å². The van der Waals surface area contributed by atoms with Gasteiger partial charge in [-0.1, -0.05) is 0 Å². The van der Waals surface area contributed by atoms with E-state index in [1.807, 2.05) is 0 Å². The van der Waals surface area contributed by atoms with E-state index >= 15 is 0 Å². The van der Waals surface area contributed by atoms with Crippen LogP contribution >= 0.6 is 0 Å². The Labute approximate surface area is 45.5 Å². The summed E-state index contributed by atoms with van der Waals surface area (Å²) in [5.74, 6) is 0.120. The van der Waals surface area contributed by atoms with Crippen LogP contribution < -0.4 is 0 Å². The molecule has 0 aromatic carbocycles. The molecule has 0 unspecified atom stereocenters. The average Bonchev–Trinajstić information content (AvgIpc) is 2.14. The van der Waals surface area contributed by atoms with Gasteiger partial charge in [0.2, 0.25) is 0 Å². The smallest absolute Gasteiger partial charge is 0.185 e. The lowest BCUT2D eigenvalue weighted by atomic mass is 10.5. The van der Waals surface area contributed by atoms with Gasteiger partial charge >= 0.3 is 0 Å². The number of rotatable bonds is 1. The molecule has 0 aliphatic carbocycles. The van der Waals surface area contributed by atoms with Crippen molar-refractivity contribution in [1.29, 1.82) is 0 Å². The zero-order chi connectivity index (χ0) is 5.98. The third kappa shape index (κ3) is 0.703. The molecule has 3 heteroatoms. The number of furan rings is 1. The Morgan fingerprint density at radius 3 is 2.75 bits per heavy atom. The molecule has 1 N–H and O–H groups in total. The Bertz CT molecular complexity index is 189. The van der Waals surface area contributed by atoms with Crippen molar-refractivity contribution in [2.75, 3.05) is 0 Å². The molecular weight excluding hydrogens is 108 g/mol. The van der Waals surface area contributed by atoms with Gasteiger partial charge in [-0.2, -0.15) is 0 Å². The van der Waals surface area contributed by atoms with Gasteiger partial charge < -0.3 is 9.52 Å². The summed E-state index contributed by atoms with van der Waals surface area (Å²) in [6.07, 6.45) is 1.63. The summed E-state index contributed by atoms with van der Waals surface area (Å²) in [5.41, 5.74) is 0. The van der Waals surface area contributed by atoms with Crippen LogP contribution in [0, 0.1) is 0 Å². The monoisotopic (exact) mass is 112 g/mol. The molecule has 0 amide bonds. The number of hydrogen-bond acceptors (Lipinski definition) is 3. The van der Waals surface area contributed by atoms with E-state index in [0.717, 1.165) is 6.26 Å². The van der Waals surface area contributed by atoms with Crippen LogP contribution in [0.15, 0.2) is 16.7 Å². The lowest BCUT2D eigenvalue weighted by Crippen LogP contribution is -1.65. The molecule has 1 heterocycles. The minimum absolute atomic E-state index is 0.0212. The van der Waals surface area contributed by atoms with Crippen molar-refractivity contribution in [1.82, 2.24) is 0 Å². The molecule has 0 aliphatic heterocycles. The molecule has 42 valence electrons. The Kier molecular flexibility index (Phi) is 1.04. The van der Waals surface area contributed by atoms with Crippen molar-refractivity contribution >= 4 is 6.29 Å². The Hall–Kier alpha value is -1.25. The van der Waals surface area contributed by atoms with E-state index in [0.29, 0.717) is 6.29 Å². The van der Waals surface area contributed by atoms with Gasteiger partial charge in [0.05, 0.1) is 0 Å². The lowest BCUT2D eigenvalue weighted by molar-refractivity contribution is 0.110. The van der Waals surface area contributed by atoms with Crippen molar-refractivity contribution in [3.8, 4) is 5.75 Å². The van der Waals surface area contributed by atoms with Gasteiger partial charge in [-0.05, 0) is 0 Å². The fourth-order valence-electron chi connectivity index (χ4n) is 0.404. The highest BCUT2D eigenvalue weighted by atomic mass is 16.4. The Balaban J connectivity index is 3.00. The fourth-order valence-corrected chi connectivity index (χ4v) is 0.404. The topological polar surface area (TPSA) is 50.4 Å². The first kappa shape index (κ1) is 4.90. The second kappa shape index (κ2) is 1.69. The maximum atomic E-state index is 9.81. The minimum atomic E-state index is -0.0212. The fraction of sp³-hybridized carbons (Fsp3) is 0. The van der Waals surface area contributed by atoms with Crippen molar-refractivity contribution in [3.05, 3.63) is 18.1 Å². The summed E-state index contributed by atoms with van der Waals surface area (Å²) in [6.45, 7) is 0. The van der Waals surface area contributed by atoms with Crippen LogP contribution in [0.3, 0.4) is 0 Å². The highest BCUT2D eigenvalue weighted by molar-refractivity contribution is 5.71. The van der Waals surface area contributed by atoms with Crippen molar-refractivity contribution in [3.63, 3.8) is 0 Å². The van der Waals surface area contributed by atoms with Gasteiger partial charge in [0.25, 0.3) is 0 Å². The van der Waals surface area contributed by atoms with Crippen molar-refractivity contribution in [2.24, 2.45) is 0 Å². The summed E-state index contributed by atoms with van der Waals surface area (Å²) in [7, 11) is 0. The second-order valence-corrected chi connectivity index (χ2v) is 1.33. The molecule has 1 aromatic heterocycles. The zero-order valence-corrected chi connectivity index (χ0v) is 4.00. The van der Waals surface area contributed by atoms with Gasteiger partial charge in [0.1, 0.15) is 6.26 Å². The summed E-state index contributed by atoms with van der Waals surface area (Å²) < 4.78 is 4.50. The highest BCUT2D eigenvalue weighted by Crippen LogP contribution is 2.10. The van der Waals surface area contributed by atoms with E-state index in [-0.39, 0.29) is 11.5 Å². The second-order valence-electron chi connectivity index (χ2n) is 1.33. The first-order valence-electron chi connectivity index (χ1n) is 2.05. The minimum Gasteiger partial charge on any atom is -0.505 e. The molecule has 0 aliphatic rings. The third-order valence-corrected chi connectivity index (χ3v) is 0.722. The molecule has 1 aromatic rings. The first-order valence-corrected chi connectivity index (χ1v) is 2.05. The van der Waals surface area contributed by atoms with E-state index in [1.165, 1.54) is 6.07 Å². The van der Waals surface area contributed by atoms with Crippen molar-refractivity contribution < 1.29 is 14.3 Å². The molecule has 0 saturated carbocycles. The maximum Gasteiger partial charge on any atom is 0.185 e. The first-order chi connectivity index (χ1) is 3.83. The predicted molar refractivity (Wildman–Crippen MR) is 25.8 cm³/mol. The number of aromatic hydroxyl groups is 1. The molecule has 8 heavy (non-hydrogen) atoms. The summed E-state index contributed by atoms with van der Waals surface area (Å²) in [6, 6.07) is 1.24. The van der Waals surface area contributed by atoms with E-state index in [1.54, 1.807) is 0 Å². The van der Waals surface area contributed by atoms with Gasteiger partial charge in [-0.25, -0.2) is 0 Å². The summed E-state index contributed by atoms with van der Waals surface area (Å²) >= 11 is 0. The standard InChI is InChI=1S/C5H4O3/c6-2-5-1-4(7)3-8-5/h1-3,7H. The molecule has 3 nitrogen and oxygen atoms in total. The summed E-state index contributed by atoms with van der Waals surface area (Å²) in [4.78, 5) is 9.81. The lowest BCUT2D eigenvalue weighted by Gasteiger charge is -1.68. The maximum absolute atomic E-state index is 9.81. The van der Waals surface area contributed by atoms with Crippen molar-refractivity contribution in [2.45, 2.75) is 0 Å². The quantitative estimate of drug-likeness (QED) is 0.546. The normalized spacial score (nSPS) is 9.00. The van der Waals surface area contributed by atoms with E-state index in [4.69, 9.17) is 5.11 Å². The Morgan fingerprint density at radius 1 is 1.75 bits per heavy atom.